The van der Waals surface area contributed by atoms with E-state index >= 15 is 0 Å². The quantitative estimate of drug-likeness (QED) is 0.200. The van der Waals surface area contributed by atoms with Gasteiger partial charge in [-0.2, -0.15) is 0 Å². The van der Waals surface area contributed by atoms with Crippen LogP contribution in [0.1, 0.15) is 0 Å². The second-order valence-corrected chi connectivity index (χ2v) is 12.1. The van der Waals surface area contributed by atoms with Crippen molar-refractivity contribution in [3.63, 3.8) is 0 Å². The monoisotopic (exact) mass is 600 g/mol. The third kappa shape index (κ3) is 3.87. The van der Waals surface area contributed by atoms with Gasteiger partial charge in [-0.25, -0.2) is 0 Å². The summed E-state index contributed by atoms with van der Waals surface area (Å²) >= 11 is 0. The molecule has 3 heteroatoms. The lowest BCUT2D eigenvalue weighted by atomic mass is 10.0. The number of rotatable bonds is 4. The number of anilines is 3. The molecule has 3 nitrogen and oxygen atoms in total. The SMILES string of the molecule is c1cc(N(c2cccc3ccccc23)c2cccc3oc4c5ccccc5ccc4c23)cc(-n2c3ccccc3c3ccccc32)c1. The number of aromatic nitrogens is 1. The van der Waals surface area contributed by atoms with Crippen LogP contribution in [0.15, 0.2) is 174 Å². The molecule has 0 aliphatic heterocycles. The zero-order chi connectivity index (χ0) is 30.9. The lowest BCUT2D eigenvalue weighted by Crippen LogP contribution is -2.11. The van der Waals surface area contributed by atoms with E-state index in [-0.39, 0.29) is 0 Å². The van der Waals surface area contributed by atoms with Gasteiger partial charge in [0.05, 0.1) is 27.8 Å². The van der Waals surface area contributed by atoms with Crippen LogP contribution in [0.3, 0.4) is 0 Å². The Bertz CT molecular complexity index is 2760. The summed E-state index contributed by atoms with van der Waals surface area (Å²) in [6, 6.07) is 60.8. The molecule has 0 amide bonds. The Kier molecular flexibility index (Phi) is 5.57. The van der Waals surface area contributed by atoms with Crippen LogP contribution in [0, 0.1) is 0 Å². The highest BCUT2D eigenvalue weighted by atomic mass is 16.3. The number of furan rings is 1. The highest BCUT2D eigenvalue weighted by Crippen LogP contribution is 2.46. The number of fused-ring (bicyclic) bond motifs is 9. The van der Waals surface area contributed by atoms with E-state index in [1.165, 1.54) is 38.0 Å². The molecular formula is C44H28N2O. The normalized spacial score (nSPS) is 11.8. The van der Waals surface area contributed by atoms with Gasteiger partial charge in [0.1, 0.15) is 11.2 Å². The molecule has 0 radical (unpaired) electrons. The molecule has 0 fully saturated rings. The van der Waals surface area contributed by atoms with Crippen molar-refractivity contribution in [1.29, 1.82) is 0 Å². The predicted molar refractivity (Wildman–Crippen MR) is 198 cm³/mol. The maximum atomic E-state index is 6.66. The Balaban J connectivity index is 1.29. The van der Waals surface area contributed by atoms with E-state index in [0.29, 0.717) is 0 Å². The molecule has 0 aliphatic rings. The standard InChI is InChI=1S/C44H28N2O/c1-3-17-33-29(12-1)14-9-23-38(33)46(41-24-11-25-42-43(41)37-27-26-30-13-2-4-18-34(30)44(37)47-42)32-16-10-15-31(28-32)45-39-21-7-5-19-35(39)36-20-6-8-22-40(36)45/h1-28H. The highest BCUT2D eigenvalue weighted by Gasteiger charge is 2.22. The smallest absolute Gasteiger partial charge is 0.143 e. The summed E-state index contributed by atoms with van der Waals surface area (Å²) in [5.74, 6) is 0. The van der Waals surface area contributed by atoms with Crippen LogP contribution in [0.25, 0.3) is 71.0 Å². The number of hydrogen-bond acceptors (Lipinski definition) is 2. The Labute approximate surface area is 271 Å². The fourth-order valence-electron chi connectivity index (χ4n) is 7.50. The van der Waals surface area contributed by atoms with Crippen LogP contribution >= 0.6 is 0 Å². The summed E-state index contributed by atoms with van der Waals surface area (Å²) in [6.45, 7) is 0. The molecule has 10 aromatic rings. The van der Waals surface area contributed by atoms with Crippen LogP contribution in [-0.4, -0.2) is 4.57 Å². The zero-order valence-electron chi connectivity index (χ0n) is 25.5. The summed E-state index contributed by atoms with van der Waals surface area (Å²) in [4.78, 5) is 2.41. The Morgan fingerprint density at radius 2 is 1.02 bits per heavy atom. The topological polar surface area (TPSA) is 21.3 Å². The van der Waals surface area contributed by atoms with Crippen molar-refractivity contribution in [2.75, 3.05) is 4.90 Å². The van der Waals surface area contributed by atoms with Gasteiger partial charge in [0, 0.05) is 38.3 Å². The van der Waals surface area contributed by atoms with Gasteiger partial charge in [-0.05, 0) is 65.4 Å². The van der Waals surface area contributed by atoms with Crippen LogP contribution in [0.4, 0.5) is 17.1 Å². The molecule has 0 atom stereocenters. The number of nitrogens with zero attached hydrogens (tertiary/aromatic N) is 2. The largest absolute Gasteiger partial charge is 0.455 e. The van der Waals surface area contributed by atoms with Crippen LogP contribution in [0.5, 0.6) is 0 Å². The average Bonchev–Trinajstić information content (AvgIpc) is 3.69. The minimum Gasteiger partial charge on any atom is -0.455 e. The maximum Gasteiger partial charge on any atom is 0.143 e. The summed E-state index contributed by atoms with van der Waals surface area (Å²) < 4.78 is 9.05. The Morgan fingerprint density at radius 1 is 0.426 bits per heavy atom. The van der Waals surface area contributed by atoms with Crippen molar-refractivity contribution in [1.82, 2.24) is 4.57 Å². The van der Waals surface area contributed by atoms with Gasteiger partial charge in [0.15, 0.2) is 0 Å². The van der Waals surface area contributed by atoms with Crippen LogP contribution in [-0.2, 0) is 0 Å². The number of hydrogen-bond donors (Lipinski definition) is 0. The predicted octanol–water partition coefficient (Wildman–Crippen LogP) is 12.5. The van der Waals surface area contributed by atoms with E-state index in [1.54, 1.807) is 0 Å². The van der Waals surface area contributed by atoms with Gasteiger partial charge in [-0.15, -0.1) is 0 Å². The molecule has 10 rings (SSSR count). The van der Waals surface area contributed by atoms with Crippen LogP contribution in [0.2, 0.25) is 0 Å². The first-order chi connectivity index (χ1) is 23.3. The van der Waals surface area contributed by atoms with E-state index in [0.717, 1.165) is 50.1 Å². The highest BCUT2D eigenvalue weighted by molar-refractivity contribution is 6.20. The molecule has 0 spiro atoms. The van der Waals surface area contributed by atoms with Crippen LogP contribution < -0.4 is 4.90 Å². The first-order valence-electron chi connectivity index (χ1n) is 16.0. The molecule has 47 heavy (non-hydrogen) atoms. The molecule has 0 bridgehead atoms. The van der Waals surface area contributed by atoms with Crippen molar-refractivity contribution >= 4 is 82.4 Å². The molecule has 0 N–H and O–H groups in total. The summed E-state index contributed by atoms with van der Waals surface area (Å²) in [7, 11) is 0. The molecular weight excluding hydrogens is 572 g/mol. The van der Waals surface area contributed by atoms with Gasteiger partial charge in [0.25, 0.3) is 0 Å². The molecule has 2 heterocycles. The summed E-state index contributed by atoms with van der Waals surface area (Å²) in [6.07, 6.45) is 0. The molecule has 0 saturated carbocycles. The fourth-order valence-corrected chi connectivity index (χ4v) is 7.50. The molecule has 8 aromatic carbocycles. The van der Waals surface area contributed by atoms with E-state index in [2.05, 4.69) is 179 Å². The maximum absolute atomic E-state index is 6.66. The zero-order valence-corrected chi connectivity index (χ0v) is 25.5. The number of benzene rings is 8. The molecule has 2 aromatic heterocycles. The minimum absolute atomic E-state index is 0.873. The molecule has 220 valence electrons. The summed E-state index contributed by atoms with van der Waals surface area (Å²) in [5, 5.41) is 9.39. The summed E-state index contributed by atoms with van der Waals surface area (Å²) in [5.41, 5.74) is 8.55. The minimum atomic E-state index is 0.873. The first kappa shape index (κ1) is 26.0. The third-order valence-corrected chi connectivity index (χ3v) is 9.54. The van der Waals surface area contributed by atoms with E-state index in [9.17, 15) is 0 Å². The van der Waals surface area contributed by atoms with Crippen molar-refractivity contribution in [2.45, 2.75) is 0 Å². The van der Waals surface area contributed by atoms with Crippen molar-refractivity contribution in [3.05, 3.63) is 170 Å². The van der Waals surface area contributed by atoms with Crippen molar-refractivity contribution < 1.29 is 4.42 Å². The van der Waals surface area contributed by atoms with E-state index < -0.39 is 0 Å². The first-order valence-corrected chi connectivity index (χ1v) is 16.0. The second kappa shape index (κ2) is 10.1. The van der Waals surface area contributed by atoms with E-state index in [4.69, 9.17) is 4.42 Å². The Hall–Kier alpha value is -6.32. The lowest BCUT2D eigenvalue weighted by molar-refractivity contribution is 0.672. The molecule has 0 saturated heterocycles. The van der Waals surface area contributed by atoms with Gasteiger partial charge in [0.2, 0.25) is 0 Å². The van der Waals surface area contributed by atoms with Crippen molar-refractivity contribution in [3.8, 4) is 5.69 Å². The van der Waals surface area contributed by atoms with Gasteiger partial charge in [-0.1, -0.05) is 115 Å². The average molecular weight is 601 g/mol. The van der Waals surface area contributed by atoms with Gasteiger partial charge < -0.3 is 13.9 Å². The van der Waals surface area contributed by atoms with Crippen molar-refractivity contribution in [2.24, 2.45) is 0 Å². The van der Waals surface area contributed by atoms with Gasteiger partial charge >= 0.3 is 0 Å². The third-order valence-electron chi connectivity index (χ3n) is 9.54. The second-order valence-electron chi connectivity index (χ2n) is 12.1. The molecule has 0 aliphatic carbocycles. The lowest BCUT2D eigenvalue weighted by Gasteiger charge is -2.28. The Morgan fingerprint density at radius 3 is 1.81 bits per heavy atom. The number of para-hydroxylation sites is 2. The van der Waals surface area contributed by atoms with E-state index in [1.807, 2.05) is 0 Å². The molecule has 0 unspecified atom stereocenters. The fraction of sp³-hybridized carbons (Fsp3) is 0. The van der Waals surface area contributed by atoms with Gasteiger partial charge in [-0.3, -0.25) is 0 Å².